The standard InChI is InChI=1S/C13H19N3OS/c1-14-9-3-8-13-16-15-12(17-13)7-2-5-11-6-4-10-18-11/h4,6,10,14H,2-3,5,7-9H2,1H3. The summed E-state index contributed by atoms with van der Waals surface area (Å²) in [6.45, 7) is 0.982. The molecule has 0 unspecified atom stereocenters. The minimum Gasteiger partial charge on any atom is -0.425 e. The summed E-state index contributed by atoms with van der Waals surface area (Å²) in [7, 11) is 1.95. The van der Waals surface area contributed by atoms with Crippen molar-refractivity contribution in [1.82, 2.24) is 15.5 Å². The minimum absolute atomic E-state index is 0.761. The van der Waals surface area contributed by atoms with Gasteiger partial charge in [-0.15, -0.1) is 21.5 Å². The van der Waals surface area contributed by atoms with Gasteiger partial charge in [0.15, 0.2) is 0 Å². The Labute approximate surface area is 111 Å². The number of nitrogens with one attached hydrogen (secondary N) is 1. The molecule has 2 aromatic rings. The fraction of sp³-hybridized carbons (Fsp3) is 0.538. The molecule has 0 aliphatic rings. The van der Waals surface area contributed by atoms with Crippen LogP contribution in [-0.2, 0) is 19.3 Å². The third-order valence-corrected chi connectivity index (χ3v) is 3.66. The van der Waals surface area contributed by atoms with Crippen LogP contribution in [0.15, 0.2) is 21.9 Å². The predicted molar refractivity (Wildman–Crippen MR) is 72.9 cm³/mol. The van der Waals surface area contributed by atoms with Crippen LogP contribution in [0, 0.1) is 0 Å². The second-order valence-electron chi connectivity index (χ2n) is 4.23. The summed E-state index contributed by atoms with van der Waals surface area (Å²) >= 11 is 1.80. The normalized spacial score (nSPS) is 10.9. The Morgan fingerprint density at radius 3 is 2.61 bits per heavy atom. The Hall–Kier alpha value is -1.20. The van der Waals surface area contributed by atoms with E-state index in [9.17, 15) is 0 Å². The van der Waals surface area contributed by atoms with Crippen molar-refractivity contribution >= 4 is 11.3 Å². The molecule has 0 radical (unpaired) electrons. The molecule has 0 fully saturated rings. The highest BCUT2D eigenvalue weighted by Crippen LogP contribution is 2.13. The van der Waals surface area contributed by atoms with Crippen molar-refractivity contribution in [2.24, 2.45) is 0 Å². The van der Waals surface area contributed by atoms with Crippen molar-refractivity contribution in [2.75, 3.05) is 13.6 Å². The van der Waals surface area contributed by atoms with Gasteiger partial charge in [0.1, 0.15) is 0 Å². The molecular formula is C13H19N3OS. The number of aromatic nitrogens is 2. The maximum Gasteiger partial charge on any atom is 0.216 e. The first kappa shape index (κ1) is 13.2. The van der Waals surface area contributed by atoms with Gasteiger partial charge in [-0.05, 0) is 44.3 Å². The quantitative estimate of drug-likeness (QED) is 0.745. The molecule has 2 heterocycles. The largest absolute Gasteiger partial charge is 0.425 e. The topological polar surface area (TPSA) is 51.0 Å². The van der Waals surface area contributed by atoms with E-state index in [0.717, 1.165) is 50.4 Å². The molecular weight excluding hydrogens is 246 g/mol. The highest BCUT2D eigenvalue weighted by molar-refractivity contribution is 7.09. The summed E-state index contributed by atoms with van der Waals surface area (Å²) in [5.74, 6) is 1.53. The van der Waals surface area contributed by atoms with Crippen LogP contribution in [0.2, 0.25) is 0 Å². The summed E-state index contributed by atoms with van der Waals surface area (Å²) < 4.78 is 5.60. The van der Waals surface area contributed by atoms with Crippen LogP contribution in [0.5, 0.6) is 0 Å². The van der Waals surface area contributed by atoms with E-state index < -0.39 is 0 Å². The van der Waals surface area contributed by atoms with Crippen LogP contribution in [0.25, 0.3) is 0 Å². The van der Waals surface area contributed by atoms with Crippen LogP contribution in [0.3, 0.4) is 0 Å². The predicted octanol–water partition coefficient (Wildman–Crippen LogP) is 2.46. The lowest BCUT2D eigenvalue weighted by Gasteiger charge is -1.95. The molecule has 0 amide bonds. The second kappa shape index (κ2) is 7.28. The lowest BCUT2D eigenvalue weighted by Crippen LogP contribution is -2.08. The van der Waals surface area contributed by atoms with Crippen LogP contribution in [0.1, 0.15) is 29.5 Å². The number of hydrogen-bond donors (Lipinski definition) is 1. The number of rotatable bonds is 8. The van der Waals surface area contributed by atoms with E-state index >= 15 is 0 Å². The molecule has 0 aliphatic heterocycles. The summed E-state index contributed by atoms with van der Waals surface area (Å²) in [5, 5.41) is 13.4. The van der Waals surface area contributed by atoms with Crippen molar-refractivity contribution in [2.45, 2.75) is 32.1 Å². The summed E-state index contributed by atoms with van der Waals surface area (Å²) in [6, 6.07) is 4.26. The van der Waals surface area contributed by atoms with Gasteiger partial charge in [0, 0.05) is 17.7 Å². The summed E-state index contributed by atoms with van der Waals surface area (Å²) in [5.41, 5.74) is 0. The van der Waals surface area contributed by atoms with Gasteiger partial charge in [0.05, 0.1) is 0 Å². The molecule has 4 nitrogen and oxygen atoms in total. The Balaban J connectivity index is 1.69. The Bertz CT molecular complexity index is 439. The Kier molecular flexibility index (Phi) is 5.36. The lowest BCUT2D eigenvalue weighted by molar-refractivity contribution is 0.439. The molecule has 0 spiro atoms. The second-order valence-corrected chi connectivity index (χ2v) is 5.26. The fourth-order valence-corrected chi connectivity index (χ4v) is 2.53. The van der Waals surface area contributed by atoms with E-state index in [1.54, 1.807) is 11.3 Å². The Morgan fingerprint density at radius 1 is 1.17 bits per heavy atom. The highest BCUT2D eigenvalue weighted by atomic mass is 32.1. The summed E-state index contributed by atoms with van der Waals surface area (Å²) in [4.78, 5) is 1.42. The lowest BCUT2D eigenvalue weighted by atomic mass is 10.2. The molecule has 98 valence electrons. The van der Waals surface area contributed by atoms with E-state index in [1.165, 1.54) is 4.88 Å². The molecule has 0 saturated carbocycles. The zero-order valence-electron chi connectivity index (χ0n) is 10.7. The van der Waals surface area contributed by atoms with Crippen molar-refractivity contribution in [1.29, 1.82) is 0 Å². The number of aryl methyl sites for hydroxylation is 3. The first-order valence-corrected chi connectivity index (χ1v) is 7.24. The molecule has 2 rings (SSSR count). The van der Waals surface area contributed by atoms with Gasteiger partial charge >= 0.3 is 0 Å². The molecule has 0 bridgehead atoms. The van der Waals surface area contributed by atoms with E-state index in [-0.39, 0.29) is 0 Å². The van der Waals surface area contributed by atoms with E-state index in [2.05, 4.69) is 33.0 Å². The number of nitrogens with zero attached hydrogens (tertiary/aromatic N) is 2. The van der Waals surface area contributed by atoms with Gasteiger partial charge in [0.2, 0.25) is 11.8 Å². The minimum atomic E-state index is 0.761. The van der Waals surface area contributed by atoms with E-state index in [1.807, 2.05) is 7.05 Å². The molecule has 1 N–H and O–H groups in total. The first-order valence-electron chi connectivity index (χ1n) is 6.36. The van der Waals surface area contributed by atoms with E-state index in [0.29, 0.717) is 0 Å². The SMILES string of the molecule is CNCCCc1nnc(CCCc2cccs2)o1. The zero-order chi connectivity index (χ0) is 12.6. The highest BCUT2D eigenvalue weighted by Gasteiger charge is 2.05. The van der Waals surface area contributed by atoms with Crippen molar-refractivity contribution in [3.05, 3.63) is 34.2 Å². The van der Waals surface area contributed by atoms with Crippen LogP contribution < -0.4 is 5.32 Å². The zero-order valence-corrected chi connectivity index (χ0v) is 11.5. The molecule has 0 aromatic carbocycles. The molecule has 2 aromatic heterocycles. The maximum atomic E-state index is 5.60. The maximum absolute atomic E-state index is 5.60. The third-order valence-electron chi connectivity index (χ3n) is 2.72. The van der Waals surface area contributed by atoms with Crippen LogP contribution >= 0.6 is 11.3 Å². The molecule has 0 saturated heterocycles. The monoisotopic (exact) mass is 265 g/mol. The van der Waals surface area contributed by atoms with Gasteiger partial charge in [-0.3, -0.25) is 0 Å². The third kappa shape index (κ3) is 4.23. The van der Waals surface area contributed by atoms with Crippen molar-refractivity contribution in [3.8, 4) is 0 Å². The molecule has 18 heavy (non-hydrogen) atoms. The van der Waals surface area contributed by atoms with Crippen molar-refractivity contribution < 1.29 is 4.42 Å². The van der Waals surface area contributed by atoms with Crippen LogP contribution in [0.4, 0.5) is 0 Å². The average molecular weight is 265 g/mol. The molecule has 0 atom stereocenters. The summed E-state index contributed by atoms with van der Waals surface area (Å²) in [6.07, 6.45) is 4.93. The van der Waals surface area contributed by atoms with Gasteiger partial charge in [0.25, 0.3) is 0 Å². The number of thiophene rings is 1. The van der Waals surface area contributed by atoms with Gasteiger partial charge in [-0.25, -0.2) is 0 Å². The smallest absolute Gasteiger partial charge is 0.216 e. The van der Waals surface area contributed by atoms with Crippen molar-refractivity contribution in [3.63, 3.8) is 0 Å². The first-order chi connectivity index (χ1) is 8.88. The molecule has 5 heteroatoms. The Morgan fingerprint density at radius 2 is 1.94 bits per heavy atom. The van der Waals surface area contributed by atoms with Gasteiger partial charge in [-0.2, -0.15) is 0 Å². The van der Waals surface area contributed by atoms with Crippen LogP contribution in [-0.4, -0.2) is 23.8 Å². The average Bonchev–Trinajstić information content (AvgIpc) is 3.01. The molecule has 0 aliphatic carbocycles. The van der Waals surface area contributed by atoms with Gasteiger partial charge in [-0.1, -0.05) is 6.07 Å². The van der Waals surface area contributed by atoms with E-state index in [4.69, 9.17) is 4.42 Å². The van der Waals surface area contributed by atoms with Gasteiger partial charge < -0.3 is 9.73 Å². The number of hydrogen-bond acceptors (Lipinski definition) is 5. The fourth-order valence-electron chi connectivity index (χ4n) is 1.78.